The van der Waals surface area contributed by atoms with Gasteiger partial charge in [0.05, 0.1) is 6.04 Å². The minimum absolute atomic E-state index is 0.381. The lowest BCUT2D eigenvalue weighted by molar-refractivity contribution is 0.459. The van der Waals surface area contributed by atoms with Crippen LogP contribution in [0.15, 0.2) is 48.5 Å². The van der Waals surface area contributed by atoms with E-state index in [4.69, 9.17) is 0 Å². The Morgan fingerprint density at radius 1 is 0.810 bits per heavy atom. The molecule has 2 aliphatic rings. The predicted octanol–water partition coefficient (Wildman–Crippen LogP) is 4.46. The fourth-order valence-corrected chi connectivity index (χ4v) is 4.05. The summed E-state index contributed by atoms with van der Waals surface area (Å²) in [7, 11) is 0. The van der Waals surface area contributed by atoms with Gasteiger partial charge < -0.3 is 5.32 Å². The molecule has 0 bridgehead atoms. The first-order valence-electron chi connectivity index (χ1n) is 8.31. The first-order chi connectivity index (χ1) is 10.4. The van der Waals surface area contributed by atoms with Gasteiger partial charge >= 0.3 is 0 Å². The molecule has 2 aliphatic carbocycles. The van der Waals surface area contributed by atoms with Crippen LogP contribution in [0.4, 0.5) is 0 Å². The highest BCUT2D eigenvalue weighted by Crippen LogP contribution is 2.35. The molecule has 4 rings (SSSR count). The SMILES string of the molecule is c1ccc2c(c1)Cc1ccccc1C2NCC1CCCC1. The molecule has 0 atom stereocenters. The quantitative estimate of drug-likeness (QED) is 0.873. The minimum atomic E-state index is 0.381. The smallest absolute Gasteiger partial charge is 0.0582 e. The van der Waals surface area contributed by atoms with Crippen LogP contribution in [0, 0.1) is 5.92 Å². The van der Waals surface area contributed by atoms with Crippen molar-refractivity contribution in [2.24, 2.45) is 5.92 Å². The zero-order valence-corrected chi connectivity index (χ0v) is 12.5. The lowest BCUT2D eigenvalue weighted by atomic mass is 9.82. The van der Waals surface area contributed by atoms with Gasteiger partial charge in [0.1, 0.15) is 0 Å². The summed E-state index contributed by atoms with van der Waals surface area (Å²) in [5, 5.41) is 3.88. The highest BCUT2D eigenvalue weighted by atomic mass is 14.9. The Bertz CT molecular complexity index is 580. The van der Waals surface area contributed by atoms with E-state index in [1.807, 2.05) is 0 Å². The maximum Gasteiger partial charge on any atom is 0.0582 e. The average molecular weight is 277 g/mol. The van der Waals surface area contributed by atoms with Crippen LogP contribution in [0.2, 0.25) is 0 Å². The van der Waals surface area contributed by atoms with Crippen molar-refractivity contribution < 1.29 is 0 Å². The Morgan fingerprint density at radius 3 is 2.00 bits per heavy atom. The van der Waals surface area contributed by atoms with Crippen molar-refractivity contribution in [1.29, 1.82) is 0 Å². The lowest BCUT2D eigenvalue weighted by Crippen LogP contribution is -2.30. The average Bonchev–Trinajstić information content (AvgIpc) is 3.05. The normalized spacial score (nSPS) is 18.5. The van der Waals surface area contributed by atoms with Crippen molar-refractivity contribution >= 4 is 0 Å². The largest absolute Gasteiger partial charge is 0.306 e. The maximum absolute atomic E-state index is 3.88. The summed E-state index contributed by atoms with van der Waals surface area (Å²) in [5.41, 5.74) is 5.93. The van der Waals surface area contributed by atoms with E-state index >= 15 is 0 Å². The number of hydrogen-bond acceptors (Lipinski definition) is 1. The standard InChI is InChI=1S/C20H23N/c1-2-8-15(7-1)14-21-20-18-11-5-3-9-16(18)13-17-10-4-6-12-19(17)20/h3-6,9-12,15,20-21H,1-2,7-8,13-14H2. The van der Waals surface area contributed by atoms with Crippen molar-refractivity contribution in [3.05, 3.63) is 70.8 Å². The molecule has 0 radical (unpaired) electrons. The maximum atomic E-state index is 3.88. The summed E-state index contributed by atoms with van der Waals surface area (Å²) in [5.74, 6) is 0.881. The van der Waals surface area contributed by atoms with Gasteiger partial charge in [-0.25, -0.2) is 0 Å². The monoisotopic (exact) mass is 277 g/mol. The third-order valence-corrected chi connectivity index (χ3v) is 5.20. The summed E-state index contributed by atoms with van der Waals surface area (Å²) in [4.78, 5) is 0. The molecule has 0 aromatic heterocycles. The molecule has 2 aromatic rings. The summed E-state index contributed by atoms with van der Waals surface area (Å²) in [6, 6.07) is 18.3. The number of benzene rings is 2. The molecule has 1 saturated carbocycles. The second-order valence-corrected chi connectivity index (χ2v) is 6.57. The highest BCUT2D eigenvalue weighted by Gasteiger charge is 2.25. The van der Waals surface area contributed by atoms with Crippen LogP contribution in [0.25, 0.3) is 0 Å². The Labute approximate surface area is 127 Å². The molecule has 1 N–H and O–H groups in total. The molecule has 21 heavy (non-hydrogen) atoms. The van der Waals surface area contributed by atoms with Gasteiger partial charge in [0.15, 0.2) is 0 Å². The molecular formula is C20H23N. The molecule has 0 heterocycles. The van der Waals surface area contributed by atoms with Gasteiger partial charge in [0.2, 0.25) is 0 Å². The van der Waals surface area contributed by atoms with E-state index in [0.29, 0.717) is 6.04 Å². The molecule has 0 unspecified atom stereocenters. The van der Waals surface area contributed by atoms with Gasteiger partial charge in [-0.2, -0.15) is 0 Å². The lowest BCUT2D eigenvalue weighted by Gasteiger charge is -2.30. The first-order valence-corrected chi connectivity index (χ1v) is 8.31. The Kier molecular flexibility index (Phi) is 3.52. The summed E-state index contributed by atoms with van der Waals surface area (Å²) in [6.45, 7) is 1.16. The number of fused-ring (bicyclic) bond motifs is 2. The number of rotatable bonds is 3. The second kappa shape index (κ2) is 5.65. The molecule has 0 amide bonds. The molecule has 0 spiro atoms. The van der Waals surface area contributed by atoms with E-state index in [-0.39, 0.29) is 0 Å². The molecule has 1 heteroatoms. The summed E-state index contributed by atoms with van der Waals surface area (Å²) in [6.07, 6.45) is 6.73. The Morgan fingerprint density at radius 2 is 1.38 bits per heavy atom. The van der Waals surface area contributed by atoms with E-state index in [1.54, 1.807) is 0 Å². The first kappa shape index (κ1) is 13.1. The zero-order valence-electron chi connectivity index (χ0n) is 12.5. The van der Waals surface area contributed by atoms with Crippen LogP contribution in [-0.4, -0.2) is 6.54 Å². The van der Waals surface area contributed by atoms with Crippen LogP contribution in [0.1, 0.15) is 54.0 Å². The van der Waals surface area contributed by atoms with Gasteiger partial charge in [-0.05, 0) is 54.0 Å². The third-order valence-electron chi connectivity index (χ3n) is 5.20. The number of nitrogens with one attached hydrogen (secondary N) is 1. The Balaban J connectivity index is 1.64. The van der Waals surface area contributed by atoms with Gasteiger partial charge in [-0.3, -0.25) is 0 Å². The fraction of sp³-hybridized carbons (Fsp3) is 0.400. The third kappa shape index (κ3) is 2.51. The van der Waals surface area contributed by atoms with Crippen molar-refractivity contribution in [1.82, 2.24) is 5.32 Å². The summed E-state index contributed by atoms with van der Waals surface area (Å²) >= 11 is 0. The van der Waals surface area contributed by atoms with Gasteiger partial charge in [0, 0.05) is 0 Å². The van der Waals surface area contributed by atoms with Crippen LogP contribution in [-0.2, 0) is 6.42 Å². The van der Waals surface area contributed by atoms with E-state index < -0.39 is 0 Å². The zero-order chi connectivity index (χ0) is 14.1. The molecule has 1 nitrogen and oxygen atoms in total. The van der Waals surface area contributed by atoms with E-state index in [2.05, 4.69) is 53.8 Å². The van der Waals surface area contributed by atoms with Gasteiger partial charge in [0.25, 0.3) is 0 Å². The van der Waals surface area contributed by atoms with Crippen LogP contribution < -0.4 is 5.32 Å². The van der Waals surface area contributed by atoms with Crippen LogP contribution >= 0.6 is 0 Å². The molecule has 0 aliphatic heterocycles. The fourth-order valence-electron chi connectivity index (χ4n) is 4.05. The molecule has 108 valence electrons. The second-order valence-electron chi connectivity index (χ2n) is 6.57. The Hall–Kier alpha value is -1.60. The highest BCUT2D eigenvalue weighted by molar-refractivity contribution is 5.48. The predicted molar refractivity (Wildman–Crippen MR) is 87.5 cm³/mol. The van der Waals surface area contributed by atoms with Crippen molar-refractivity contribution in [3.8, 4) is 0 Å². The van der Waals surface area contributed by atoms with Crippen LogP contribution in [0.5, 0.6) is 0 Å². The summed E-state index contributed by atoms with van der Waals surface area (Å²) < 4.78 is 0. The van der Waals surface area contributed by atoms with Crippen molar-refractivity contribution in [3.63, 3.8) is 0 Å². The van der Waals surface area contributed by atoms with Crippen molar-refractivity contribution in [2.45, 2.75) is 38.1 Å². The number of hydrogen-bond donors (Lipinski definition) is 1. The van der Waals surface area contributed by atoms with E-state index in [0.717, 1.165) is 18.9 Å². The van der Waals surface area contributed by atoms with E-state index in [9.17, 15) is 0 Å². The van der Waals surface area contributed by atoms with Crippen molar-refractivity contribution in [2.75, 3.05) is 6.54 Å². The molecule has 2 aromatic carbocycles. The molecular weight excluding hydrogens is 254 g/mol. The van der Waals surface area contributed by atoms with Gasteiger partial charge in [-0.15, -0.1) is 0 Å². The topological polar surface area (TPSA) is 12.0 Å². The van der Waals surface area contributed by atoms with Gasteiger partial charge in [-0.1, -0.05) is 61.4 Å². The molecule has 1 fully saturated rings. The van der Waals surface area contributed by atoms with E-state index in [1.165, 1.54) is 47.9 Å². The molecule has 0 saturated heterocycles. The van der Waals surface area contributed by atoms with Crippen LogP contribution in [0.3, 0.4) is 0 Å². The minimum Gasteiger partial charge on any atom is -0.306 e.